The number of anilines is 1. The zero-order valence-electron chi connectivity index (χ0n) is 13.3. The van der Waals surface area contributed by atoms with Crippen molar-refractivity contribution in [3.05, 3.63) is 59.2 Å². The molecule has 0 radical (unpaired) electrons. The molecule has 0 atom stereocenters. The molecule has 2 heteroatoms. The second-order valence-electron chi connectivity index (χ2n) is 5.18. The molecule has 0 aliphatic heterocycles. The number of ether oxygens (including phenoxy) is 1. The topological polar surface area (TPSA) is 21.3 Å². The first-order valence-electron chi connectivity index (χ1n) is 7.76. The van der Waals surface area contributed by atoms with Crippen LogP contribution in [-0.4, -0.2) is 13.7 Å². The summed E-state index contributed by atoms with van der Waals surface area (Å²) >= 11 is 0. The highest BCUT2D eigenvalue weighted by Gasteiger charge is 2.05. The van der Waals surface area contributed by atoms with Gasteiger partial charge in [-0.2, -0.15) is 0 Å². The van der Waals surface area contributed by atoms with Gasteiger partial charge in [0.05, 0.1) is 7.11 Å². The van der Waals surface area contributed by atoms with Gasteiger partial charge >= 0.3 is 0 Å². The number of methoxy groups -OCH3 is 1. The first-order valence-corrected chi connectivity index (χ1v) is 7.76. The third kappa shape index (κ3) is 4.01. The molecule has 0 aliphatic rings. The summed E-state index contributed by atoms with van der Waals surface area (Å²) in [7, 11) is 1.70. The highest BCUT2D eigenvalue weighted by molar-refractivity contribution is 5.58. The van der Waals surface area contributed by atoms with E-state index in [9.17, 15) is 0 Å². The second kappa shape index (κ2) is 7.72. The fraction of sp³-hybridized carbons (Fsp3) is 0.368. The quantitative estimate of drug-likeness (QED) is 0.809. The molecule has 0 spiro atoms. The van der Waals surface area contributed by atoms with Gasteiger partial charge in [-0.15, -0.1) is 0 Å². The molecule has 0 aliphatic carbocycles. The van der Waals surface area contributed by atoms with Crippen molar-refractivity contribution < 1.29 is 4.74 Å². The summed E-state index contributed by atoms with van der Waals surface area (Å²) in [5, 5.41) is 3.63. The zero-order chi connectivity index (χ0) is 15.1. The van der Waals surface area contributed by atoms with Crippen LogP contribution in [-0.2, 0) is 19.3 Å². The summed E-state index contributed by atoms with van der Waals surface area (Å²) < 4.78 is 5.19. The second-order valence-corrected chi connectivity index (χ2v) is 5.18. The van der Waals surface area contributed by atoms with Crippen LogP contribution in [0.2, 0.25) is 0 Å². The van der Waals surface area contributed by atoms with Crippen molar-refractivity contribution in [2.75, 3.05) is 19.0 Å². The smallest absolute Gasteiger partial charge is 0.118 e. The molecule has 0 heterocycles. The molecule has 0 amide bonds. The summed E-state index contributed by atoms with van der Waals surface area (Å²) in [6.07, 6.45) is 3.16. The van der Waals surface area contributed by atoms with Crippen molar-refractivity contribution in [2.24, 2.45) is 0 Å². The Balaban J connectivity index is 1.99. The van der Waals surface area contributed by atoms with Gasteiger partial charge in [0.25, 0.3) is 0 Å². The molecule has 112 valence electrons. The number of hydrogen-bond acceptors (Lipinski definition) is 2. The average molecular weight is 283 g/mol. The van der Waals surface area contributed by atoms with Gasteiger partial charge in [-0.25, -0.2) is 0 Å². The molecule has 2 nitrogen and oxygen atoms in total. The summed E-state index contributed by atoms with van der Waals surface area (Å²) in [6.45, 7) is 5.38. The van der Waals surface area contributed by atoms with E-state index in [2.05, 4.69) is 49.5 Å². The SMILES string of the molecule is CCc1cccc(CC)c1NCCc1ccc(OC)cc1. The third-order valence-electron chi connectivity index (χ3n) is 3.87. The van der Waals surface area contributed by atoms with E-state index in [1.54, 1.807) is 7.11 Å². The number of aryl methyl sites for hydroxylation is 2. The van der Waals surface area contributed by atoms with Gasteiger partial charge in [-0.3, -0.25) is 0 Å². The van der Waals surface area contributed by atoms with E-state index in [0.29, 0.717) is 0 Å². The van der Waals surface area contributed by atoms with E-state index < -0.39 is 0 Å². The fourth-order valence-electron chi connectivity index (χ4n) is 2.59. The van der Waals surface area contributed by atoms with Crippen LogP contribution in [0.4, 0.5) is 5.69 Å². The molecule has 0 bridgehead atoms. The summed E-state index contributed by atoms with van der Waals surface area (Å²) in [5.41, 5.74) is 5.47. The standard InChI is InChI=1S/C19H25NO/c1-4-16-7-6-8-17(5-2)19(16)20-14-13-15-9-11-18(21-3)12-10-15/h6-12,20H,4-5,13-14H2,1-3H3. The van der Waals surface area contributed by atoms with E-state index in [0.717, 1.165) is 31.6 Å². The normalized spacial score (nSPS) is 10.4. The predicted octanol–water partition coefficient (Wildman–Crippen LogP) is 4.47. The minimum absolute atomic E-state index is 0.913. The monoisotopic (exact) mass is 283 g/mol. The Morgan fingerprint density at radius 2 is 1.52 bits per heavy atom. The van der Waals surface area contributed by atoms with E-state index in [1.807, 2.05) is 12.1 Å². The number of para-hydroxylation sites is 1. The van der Waals surface area contributed by atoms with Crippen molar-refractivity contribution in [3.8, 4) is 5.75 Å². The highest BCUT2D eigenvalue weighted by Crippen LogP contribution is 2.22. The molecular weight excluding hydrogens is 258 g/mol. The summed E-state index contributed by atoms with van der Waals surface area (Å²) in [6, 6.07) is 14.9. The largest absolute Gasteiger partial charge is 0.497 e. The highest BCUT2D eigenvalue weighted by atomic mass is 16.5. The Hall–Kier alpha value is -1.96. The van der Waals surface area contributed by atoms with Crippen molar-refractivity contribution in [1.29, 1.82) is 0 Å². The van der Waals surface area contributed by atoms with Crippen molar-refractivity contribution in [2.45, 2.75) is 33.1 Å². The molecule has 2 rings (SSSR count). The molecule has 0 fully saturated rings. The third-order valence-corrected chi connectivity index (χ3v) is 3.87. The Bertz CT molecular complexity index is 538. The fourth-order valence-corrected chi connectivity index (χ4v) is 2.59. The summed E-state index contributed by atoms with van der Waals surface area (Å²) in [4.78, 5) is 0. The number of hydrogen-bond donors (Lipinski definition) is 1. The lowest BCUT2D eigenvalue weighted by Gasteiger charge is -2.15. The Kier molecular flexibility index (Phi) is 5.68. The lowest BCUT2D eigenvalue weighted by Crippen LogP contribution is -2.09. The Morgan fingerprint density at radius 1 is 0.905 bits per heavy atom. The van der Waals surface area contributed by atoms with Crippen molar-refractivity contribution in [1.82, 2.24) is 0 Å². The van der Waals surface area contributed by atoms with Crippen LogP contribution in [0.15, 0.2) is 42.5 Å². The lowest BCUT2D eigenvalue weighted by atomic mass is 10.0. The molecule has 0 unspecified atom stereocenters. The molecule has 0 saturated carbocycles. The van der Waals surface area contributed by atoms with Crippen LogP contribution in [0, 0.1) is 0 Å². The minimum atomic E-state index is 0.913. The van der Waals surface area contributed by atoms with Crippen molar-refractivity contribution in [3.63, 3.8) is 0 Å². The number of benzene rings is 2. The molecule has 0 saturated heterocycles. The molecule has 21 heavy (non-hydrogen) atoms. The van der Waals surface area contributed by atoms with Gasteiger partial charge in [0.2, 0.25) is 0 Å². The first-order chi connectivity index (χ1) is 10.3. The van der Waals surface area contributed by atoms with Gasteiger partial charge in [0, 0.05) is 12.2 Å². The van der Waals surface area contributed by atoms with Crippen LogP contribution in [0.5, 0.6) is 5.75 Å². The van der Waals surface area contributed by atoms with Crippen LogP contribution in [0.3, 0.4) is 0 Å². The average Bonchev–Trinajstić information content (AvgIpc) is 2.55. The molecule has 2 aromatic carbocycles. The number of nitrogens with one attached hydrogen (secondary N) is 1. The maximum Gasteiger partial charge on any atom is 0.118 e. The van der Waals surface area contributed by atoms with Crippen LogP contribution in [0.1, 0.15) is 30.5 Å². The van der Waals surface area contributed by atoms with Crippen LogP contribution < -0.4 is 10.1 Å². The molecule has 0 aromatic heterocycles. The lowest BCUT2D eigenvalue weighted by molar-refractivity contribution is 0.414. The van der Waals surface area contributed by atoms with E-state index in [1.165, 1.54) is 22.4 Å². The predicted molar refractivity (Wildman–Crippen MR) is 90.4 cm³/mol. The van der Waals surface area contributed by atoms with E-state index >= 15 is 0 Å². The minimum Gasteiger partial charge on any atom is -0.497 e. The van der Waals surface area contributed by atoms with Gasteiger partial charge in [-0.05, 0) is 48.1 Å². The maximum atomic E-state index is 5.19. The summed E-state index contributed by atoms with van der Waals surface area (Å²) in [5.74, 6) is 0.913. The van der Waals surface area contributed by atoms with Gasteiger partial charge in [-0.1, -0.05) is 44.2 Å². The van der Waals surface area contributed by atoms with E-state index in [-0.39, 0.29) is 0 Å². The van der Waals surface area contributed by atoms with Gasteiger partial charge < -0.3 is 10.1 Å². The van der Waals surface area contributed by atoms with Crippen LogP contribution in [0.25, 0.3) is 0 Å². The molecule has 1 N–H and O–H groups in total. The zero-order valence-corrected chi connectivity index (χ0v) is 13.3. The first kappa shape index (κ1) is 15.4. The Labute approximate surface area is 128 Å². The Morgan fingerprint density at radius 3 is 2.05 bits per heavy atom. The van der Waals surface area contributed by atoms with Gasteiger partial charge in [0.15, 0.2) is 0 Å². The molecule has 2 aromatic rings. The van der Waals surface area contributed by atoms with Gasteiger partial charge in [0.1, 0.15) is 5.75 Å². The van der Waals surface area contributed by atoms with Crippen molar-refractivity contribution >= 4 is 5.69 Å². The molecular formula is C19H25NO. The van der Waals surface area contributed by atoms with E-state index in [4.69, 9.17) is 4.74 Å². The number of rotatable bonds is 7. The van der Waals surface area contributed by atoms with Crippen LogP contribution >= 0.6 is 0 Å². The maximum absolute atomic E-state index is 5.19.